The first kappa shape index (κ1) is 13.4. The topological polar surface area (TPSA) is 40.5 Å². The second kappa shape index (κ2) is 5.72. The van der Waals surface area contributed by atoms with Gasteiger partial charge in [-0.25, -0.2) is 0 Å². The Hall–Kier alpha value is -1.06. The van der Waals surface area contributed by atoms with E-state index in [1.54, 1.807) is 0 Å². The molecule has 0 unspecified atom stereocenters. The molecule has 2 atom stereocenters. The highest BCUT2D eigenvalue weighted by Gasteiger charge is 2.32. The van der Waals surface area contributed by atoms with Gasteiger partial charge in [0.25, 0.3) is 0 Å². The van der Waals surface area contributed by atoms with E-state index >= 15 is 0 Å². The molecule has 1 aliphatic rings. The van der Waals surface area contributed by atoms with Crippen LogP contribution >= 0.6 is 11.6 Å². The summed E-state index contributed by atoms with van der Waals surface area (Å²) in [6, 6.07) is 7.84. The van der Waals surface area contributed by atoms with Gasteiger partial charge in [0.2, 0.25) is 0 Å². The van der Waals surface area contributed by atoms with Crippen LogP contribution in [0.1, 0.15) is 25.3 Å². The molecule has 0 saturated carbocycles. The van der Waals surface area contributed by atoms with Crippen molar-refractivity contribution in [3.8, 4) is 0 Å². The van der Waals surface area contributed by atoms with Gasteiger partial charge in [0.1, 0.15) is 0 Å². The molecule has 1 saturated heterocycles. The third-order valence-electron chi connectivity index (χ3n) is 3.71. The molecule has 1 aromatic carbocycles. The lowest BCUT2D eigenvalue weighted by molar-refractivity contribution is -0.145. The molecule has 1 N–H and O–H groups in total. The van der Waals surface area contributed by atoms with Gasteiger partial charge in [0.05, 0.1) is 5.92 Å². The number of rotatable bonds is 3. The lowest BCUT2D eigenvalue weighted by Crippen LogP contribution is -2.45. The molecule has 0 spiro atoms. The van der Waals surface area contributed by atoms with Crippen molar-refractivity contribution in [3.05, 3.63) is 34.9 Å². The van der Waals surface area contributed by atoms with Gasteiger partial charge in [0, 0.05) is 17.6 Å². The van der Waals surface area contributed by atoms with Gasteiger partial charge < -0.3 is 5.11 Å². The van der Waals surface area contributed by atoms with Gasteiger partial charge >= 0.3 is 5.97 Å². The first-order chi connectivity index (χ1) is 8.58. The predicted octanol–water partition coefficient (Wildman–Crippen LogP) is 3.03. The molecule has 1 heterocycles. The molecular weight excluding hydrogens is 250 g/mol. The number of carboxylic acid groups (broad SMARTS) is 1. The molecule has 0 bridgehead atoms. The summed E-state index contributed by atoms with van der Waals surface area (Å²) in [6.07, 6.45) is 1.73. The number of halogens is 1. The standard InChI is InChI=1S/C14H18ClNO2/c1-10-13(14(17)18)6-3-7-16(10)9-11-4-2-5-12(15)8-11/h2,4-5,8,10,13H,3,6-7,9H2,1H3,(H,17,18)/t10-,13-/m1/s1. The van der Waals surface area contributed by atoms with Gasteiger partial charge in [-0.3, -0.25) is 9.69 Å². The highest BCUT2D eigenvalue weighted by atomic mass is 35.5. The largest absolute Gasteiger partial charge is 0.481 e. The van der Waals surface area contributed by atoms with E-state index in [2.05, 4.69) is 4.90 Å². The summed E-state index contributed by atoms with van der Waals surface area (Å²) in [7, 11) is 0. The summed E-state index contributed by atoms with van der Waals surface area (Å²) in [5.41, 5.74) is 1.14. The maximum atomic E-state index is 11.2. The van der Waals surface area contributed by atoms with Crippen molar-refractivity contribution in [2.75, 3.05) is 6.54 Å². The first-order valence-electron chi connectivity index (χ1n) is 6.29. The van der Waals surface area contributed by atoms with E-state index in [1.165, 1.54) is 0 Å². The fourth-order valence-electron chi connectivity index (χ4n) is 2.64. The fourth-order valence-corrected chi connectivity index (χ4v) is 2.85. The molecule has 1 aromatic rings. The van der Waals surface area contributed by atoms with E-state index in [-0.39, 0.29) is 12.0 Å². The van der Waals surface area contributed by atoms with Crippen LogP contribution in [0.15, 0.2) is 24.3 Å². The molecule has 4 heteroatoms. The summed E-state index contributed by atoms with van der Waals surface area (Å²) in [5, 5.41) is 9.92. The normalized spacial score (nSPS) is 25.0. The maximum absolute atomic E-state index is 11.2. The van der Waals surface area contributed by atoms with Gasteiger partial charge in [0.15, 0.2) is 0 Å². The minimum atomic E-state index is -0.682. The molecule has 18 heavy (non-hydrogen) atoms. The molecule has 2 rings (SSSR count). The summed E-state index contributed by atoms with van der Waals surface area (Å²) < 4.78 is 0. The lowest BCUT2D eigenvalue weighted by atomic mass is 9.90. The third kappa shape index (κ3) is 3.03. The van der Waals surface area contributed by atoms with Crippen LogP contribution < -0.4 is 0 Å². The van der Waals surface area contributed by atoms with Gasteiger partial charge in [-0.1, -0.05) is 23.7 Å². The SMILES string of the molecule is C[C@@H]1[C@H](C(=O)O)CCCN1Cc1cccc(Cl)c1. The van der Waals surface area contributed by atoms with E-state index in [0.717, 1.165) is 36.5 Å². The van der Waals surface area contributed by atoms with E-state index in [4.69, 9.17) is 11.6 Å². The van der Waals surface area contributed by atoms with Crippen molar-refractivity contribution in [1.29, 1.82) is 0 Å². The Morgan fingerprint density at radius 1 is 1.56 bits per heavy atom. The molecule has 98 valence electrons. The Morgan fingerprint density at radius 2 is 2.33 bits per heavy atom. The maximum Gasteiger partial charge on any atom is 0.308 e. The molecule has 1 fully saturated rings. The van der Waals surface area contributed by atoms with Crippen LogP contribution in [0, 0.1) is 5.92 Å². The van der Waals surface area contributed by atoms with Gasteiger partial charge in [-0.05, 0) is 44.0 Å². The molecule has 3 nitrogen and oxygen atoms in total. The number of aliphatic carboxylic acids is 1. The Morgan fingerprint density at radius 3 is 3.00 bits per heavy atom. The molecule has 1 aliphatic heterocycles. The minimum absolute atomic E-state index is 0.0789. The fraction of sp³-hybridized carbons (Fsp3) is 0.500. The van der Waals surface area contributed by atoms with Gasteiger partial charge in [-0.2, -0.15) is 0 Å². The number of likely N-dealkylation sites (tertiary alicyclic amines) is 1. The Labute approximate surface area is 112 Å². The van der Waals surface area contributed by atoms with Crippen LogP contribution in [0.3, 0.4) is 0 Å². The number of piperidine rings is 1. The van der Waals surface area contributed by atoms with E-state index in [0.29, 0.717) is 0 Å². The summed E-state index contributed by atoms with van der Waals surface area (Å²) in [5.74, 6) is -0.934. The number of carboxylic acids is 1. The Kier molecular flexibility index (Phi) is 4.25. The Balaban J connectivity index is 2.06. The van der Waals surface area contributed by atoms with Crippen LogP contribution in [0.4, 0.5) is 0 Å². The zero-order valence-electron chi connectivity index (χ0n) is 10.5. The van der Waals surface area contributed by atoms with Crippen molar-refractivity contribution in [1.82, 2.24) is 4.90 Å². The monoisotopic (exact) mass is 267 g/mol. The van der Waals surface area contributed by atoms with Crippen molar-refractivity contribution >= 4 is 17.6 Å². The number of hydrogen-bond donors (Lipinski definition) is 1. The summed E-state index contributed by atoms with van der Waals surface area (Å²) >= 11 is 5.97. The molecule has 0 aliphatic carbocycles. The van der Waals surface area contributed by atoms with Crippen LogP contribution in [0.25, 0.3) is 0 Å². The second-order valence-corrected chi connectivity index (χ2v) is 5.36. The molecule has 0 amide bonds. The highest BCUT2D eigenvalue weighted by molar-refractivity contribution is 6.30. The van der Waals surface area contributed by atoms with E-state index in [9.17, 15) is 9.90 Å². The molecular formula is C14H18ClNO2. The average Bonchev–Trinajstić information content (AvgIpc) is 2.31. The summed E-state index contributed by atoms with van der Waals surface area (Å²) in [4.78, 5) is 13.4. The van der Waals surface area contributed by atoms with Crippen molar-refractivity contribution in [2.24, 2.45) is 5.92 Å². The molecule has 0 radical (unpaired) electrons. The predicted molar refractivity (Wildman–Crippen MR) is 71.7 cm³/mol. The first-order valence-corrected chi connectivity index (χ1v) is 6.67. The zero-order chi connectivity index (χ0) is 13.1. The number of hydrogen-bond acceptors (Lipinski definition) is 2. The van der Waals surface area contributed by atoms with Crippen LogP contribution in [-0.2, 0) is 11.3 Å². The smallest absolute Gasteiger partial charge is 0.308 e. The van der Waals surface area contributed by atoms with Crippen molar-refractivity contribution < 1.29 is 9.90 Å². The van der Waals surface area contributed by atoms with Crippen LogP contribution in [0.5, 0.6) is 0 Å². The quantitative estimate of drug-likeness (QED) is 0.915. The van der Waals surface area contributed by atoms with E-state index in [1.807, 2.05) is 31.2 Å². The zero-order valence-corrected chi connectivity index (χ0v) is 11.2. The van der Waals surface area contributed by atoms with Crippen molar-refractivity contribution in [3.63, 3.8) is 0 Å². The van der Waals surface area contributed by atoms with Crippen LogP contribution in [-0.4, -0.2) is 28.6 Å². The minimum Gasteiger partial charge on any atom is -0.481 e. The van der Waals surface area contributed by atoms with E-state index < -0.39 is 5.97 Å². The third-order valence-corrected chi connectivity index (χ3v) is 3.95. The number of nitrogens with zero attached hydrogens (tertiary/aromatic N) is 1. The highest BCUT2D eigenvalue weighted by Crippen LogP contribution is 2.25. The average molecular weight is 268 g/mol. The lowest BCUT2D eigenvalue weighted by Gasteiger charge is -2.37. The summed E-state index contributed by atoms with van der Waals surface area (Å²) in [6.45, 7) is 3.73. The Bertz CT molecular complexity index is 436. The van der Waals surface area contributed by atoms with Crippen molar-refractivity contribution in [2.45, 2.75) is 32.4 Å². The van der Waals surface area contributed by atoms with Crippen LogP contribution in [0.2, 0.25) is 5.02 Å². The molecule has 0 aromatic heterocycles. The number of carbonyl (C=O) groups is 1. The number of benzene rings is 1. The van der Waals surface area contributed by atoms with Gasteiger partial charge in [-0.15, -0.1) is 0 Å². The second-order valence-electron chi connectivity index (χ2n) is 4.93.